The molecule has 2 nitrogen and oxygen atoms in total. The van der Waals surface area contributed by atoms with E-state index >= 15 is 0 Å². The zero-order chi connectivity index (χ0) is 13.0. The van der Waals surface area contributed by atoms with Crippen molar-refractivity contribution in [3.05, 3.63) is 28.8 Å². The second-order valence-corrected chi connectivity index (χ2v) is 5.93. The molecule has 1 aliphatic rings. The number of anilines is 1. The van der Waals surface area contributed by atoms with E-state index in [1.54, 1.807) is 0 Å². The minimum atomic E-state index is 0.688. The Labute approximate surface area is 115 Å². The molecule has 0 unspecified atom stereocenters. The molecule has 18 heavy (non-hydrogen) atoms. The molecule has 1 aliphatic heterocycles. The highest BCUT2D eigenvalue weighted by Crippen LogP contribution is 2.27. The predicted octanol–water partition coefficient (Wildman–Crippen LogP) is 3.69. The number of rotatable bonds is 5. The van der Waals surface area contributed by atoms with Crippen molar-refractivity contribution in [1.29, 1.82) is 0 Å². The molecule has 3 heteroatoms. The Kier molecular flexibility index (Phi) is 4.90. The molecule has 0 aromatic heterocycles. The fourth-order valence-electron chi connectivity index (χ4n) is 2.43. The van der Waals surface area contributed by atoms with E-state index in [9.17, 15) is 0 Å². The molecule has 0 saturated carbocycles. The zero-order valence-electron chi connectivity index (χ0n) is 11.4. The van der Waals surface area contributed by atoms with Crippen LogP contribution in [0.3, 0.4) is 0 Å². The standard InChI is InChI=1S/C15H23ClN2/c1-12(2)10-17-11-13-5-6-14(16)9-15(13)18-7-3-4-8-18/h5-6,9,12,17H,3-4,7-8,10-11H2,1-2H3. The summed E-state index contributed by atoms with van der Waals surface area (Å²) in [5.41, 5.74) is 2.68. The molecule has 1 aromatic rings. The number of halogens is 1. The van der Waals surface area contributed by atoms with Gasteiger partial charge in [0.05, 0.1) is 0 Å². The molecular formula is C15H23ClN2. The highest BCUT2D eigenvalue weighted by atomic mass is 35.5. The van der Waals surface area contributed by atoms with Crippen LogP contribution in [0.4, 0.5) is 5.69 Å². The van der Waals surface area contributed by atoms with Crippen LogP contribution in [0.25, 0.3) is 0 Å². The van der Waals surface area contributed by atoms with E-state index in [1.807, 2.05) is 6.07 Å². The largest absolute Gasteiger partial charge is 0.371 e. The molecule has 1 saturated heterocycles. The van der Waals surface area contributed by atoms with Crippen LogP contribution >= 0.6 is 11.6 Å². The molecule has 1 N–H and O–H groups in total. The number of hydrogen-bond acceptors (Lipinski definition) is 2. The van der Waals surface area contributed by atoms with E-state index in [0.717, 1.165) is 31.2 Å². The van der Waals surface area contributed by atoms with Gasteiger partial charge in [-0.2, -0.15) is 0 Å². The molecule has 0 radical (unpaired) electrons. The van der Waals surface area contributed by atoms with Gasteiger partial charge in [0.25, 0.3) is 0 Å². The van der Waals surface area contributed by atoms with Gasteiger partial charge in [0.2, 0.25) is 0 Å². The van der Waals surface area contributed by atoms with Gasteiger partial charge in [-0.3, -0.25) is 0 Å². The molecule has 1 heterocycles. The number of nitrogens with zero attached hydrogens (tertiary/aromatic N) is 1. The van der Waals surface area contributed by atoms with Crippen LogP contribution in [0.2, 0.25) is 5.02 Å². The van der Waals surface area contributed by atoms with Gasteiger partial charge in [0, 0.05) is 30.3 Å². The van der Waals surface area contributed by atoms with Crippen LogP contribution < -0.4 is 10.2 Å². The summed E-state index contributed by atoms with van der Waals surface area (Å²) in [5, 5.41) is 4.35. The van der Waals surface area contributed by atoms with Crippen LogP contribution in [-0.2, 0) is 6.54 Å². The van der Waals surface area contributed by atoms with E-state index in [-0.39, 0.29) is 0 Å². The van der Waals surface area contributed by atoms with Gasteiger partial charge in [-0.25, -0.2) is 0 Å². The van der Waals surface area contributed by atoms with Crippen LogP contribution in [0, 0.1) is 5.92 Å². The molecule has 0 aliphatic carbocycles. The molecule has 0 spiro atoms. The fourth-order valence-corrected chi connectivity index (χ4v) is 2.60. The van der Waals surface area contributed by atoms with Gasteiger partial charge in [-0.15, -0.1) is 0 Å². The zero-order valence-corrected chi connectivity index (χ0v) is 12.1. The quantitative estimate of drug-likeness (QED) is 0.875. The van der Waals surface area contributed by atoms with Gasteiger partial charge >= 0.3 is 0 Å². The first-order valence-electron chi connectivity index (χ1n) is 6.91. The Bertz CT molecular complexity index is 384. The maximum absolute atomic E-state index is 6.13. The third-order valence-corrected chi connectivity index (χ3v) is 3.60. The summed E-state index contributed by atoms with van der Waals surface area (Å²) in [5.74, 6) is 0.688. The molecule has 0 amide bonds. The maximum Gasteiger partial charge on any atom is 0.0426 e. The molecule has 2 rings (SSSR count). The van der Waals surface area contributed by atoms with Crippen molar-refractivity contribution in [3.8, 4) is 0 Å². The summed E-state index contributed by atoms with van der Waals surface area (Å²) in [6, 6.07) is 6.26. The summed E-state index contributed by atoms with van der Waals surface area (Å²) >= 11 is 6.13. The van der Waals surface area contributed by atoms with E-state index in [0.29, 0.717) is 5.92 Å². The Balaban J connectivity index is 2.07. The average Bonchev–Trinajstić information content (AvgIpc) is 2.84. The van der Waals surface area contributed by atoms with E-state index in [1.165, 1.54) is 24.1 Å². The third-order valence-electron chi connectivity index (χ3n) is 3.36. The Morgan fingerprint density at radius 1 is 1.28 bits per heavy atom. The highest BCUT2D eigenvalue weighted by Gasteiger charge is 2.15. The van der Waals surface area contributed by atoms with Crippen molar-refractivity contribution >= 4 is 17.3 Å². The van der Waals surface area contributed by atoms with Gasteiger partial charge in [0.15, 0.2) is 0 Å². The second kappa shape index (κ2) is 6.44. The number of nitrogens with one attached hydrogen (secondary N) is 1. The molecule has 0 bridgehead atoms. The predicted molar refractivity (Wildman–Crippen MR) is 79.4 cm³/mol. The number of hydrogen-bond donors (Lipinski definition) is 1. The lowest BCUT2D eigenvalue weighted by atomic mass is 10.1. The lowest BCUT2D eigenvalue weighted by molar-refractivity contribution is 0.552. The van der Waals surface area contributed by atoms with Crippen LogP contribution in [-0.4, -0.2) is 19.6 Å². The summed E-state index contributed by atoms with van der Waals surface area (Å²) in [4.78, 5) is 2.46. The second-order valence-electron chi connectivity index (χ2n) is 5.49. The van der Waals surface area contributed by atoms with E-state index in [2.05, 4.69) is 36.2 Å². The van der Waals surface area contributed by atoms with Crippen molar-refractivity contribution in [2.45, 2.75) is 33.2 Å². The Hall–Kier alpha value is -0.730. The van der Waals surface area contributed by atoms with Crippen molar-refractivity contribution in [2.24, 2.45) is 5.92 Å². The Morgan fingerprint density at radius 2 is 2.00 bits per heavy atom. The van der Waals surface area contributed by atoms with Gasteiger partial charge < -0.3 is 10.2 Å². The van der Waals surface area contributed by atoms with Crippen molar-refractivity contribution in [1.82, 2.24) is 5.32 Å². The fraction of sp³-hybridized carbons (Fsp3) is 0.600. The van der Waals surface area contributed by atoms with Crippen LogP contribution in [0.15, 0.2) is 18.2 Å². The first-order chi connectivity index (χ1) is 8.66. The van der Waals surface area contributed by atoms with Crippen LogP contribution in [0.1, 0.15) is 32.3 Å². The van der Waals surface area contributed by atoms with Gasteiger partial charge in [-0.05, 0) is 43.0 Å². The summed E-state index contributed by atoms with van der Waals surface area (Å²) in [7, 11) is 0. The Morgan fingerprint density at radius 3 is 2.67 bits per heavy atom. The average molecular weight is 267 g/mol. The summed E-state index contributed by atoms with van der Waals surface area (Å²) in [6.45, 7) is 8.78. The first kappa shape index (κ1) is 13.7. The number of benzene rings is 1. The summed E-state index contributed by atoms with van der Waals surface area (Å²) < 4.78 is 0. The minimum absolute atomic E-state index is 0.688. The minimum Gasteiger partial charge on any atom is -0.371 e. The topological polar surface area (TPSA) is 15.3 Å². The van der Waals surface area contributed by atoms with E-state index < -0.39 is 0 Å². The van der Waals surface area contributed by atoms with Crippen LogP contribution in [0.5, 0.6) is 0 Å². The van der Waals surface area contributed by atoms with Crippen molar-refractivity contribution < 1.29 is 0 Å². The van der Waals surface area contributed by atoms with Crippen molar-refractivity contribution in [2.75, 3.05) is 24.5 Å². The van der Waals surface area contributed by atoms with E-state index in [4.69, 9.17) is 11.6 Å². The SMILES string of the molecule is CC(C)CNCc1ccc(Cl)cc1N1CCCC1. The van der Waals surface area contributed by atoms with Gasteiger partial charge in [-0.1, -0.05) is 31.5 Å². The third kappa shape index (κ3) is 3.63. The summed E-state index contributed by atoms with van der Waals surface area (Å²) in [6.07, 6.45) is 2.59. The molecule has 1 fully saturated rings. The highest BCUT2D eigenvalue weighted by molar-refractivity contribution is 6.30. The van der Waals surface area contributed by atoms with Gasteiger partial charge in [0.1, 0.15) is 0 Å². The smallest absolute Gasteiger partial charge is 0.0426 e. The monoisotopic (exact) mass is 266 g/mol. The lowest BCUT2D eigenvalue weighted by Gasteiger charge is -2.22. The molecular weight excluding hydrogens is 244 g/mol. The molecule has 1 aromatic carbocycles. The van der Waals surface area contributed by atoms with Crippen molar-refractivity contribution in [3.63, 3.8) is 0 Å². The molecule has 0 atom stereocenters. The maximum atomic E-state index is 6.13. The molecule has 100 valence electrons. The first-order valence-corrected chi connectivity index (χ1v) is 7.28. The lowest BCUT2D eigenvalue weighted by Crippen LogP contribution is -2.23. The normalized spacial score (nSPS) is 15.7.